The van der Waals surface area contributed by atoms with Gasteiger partial charge in [0.1, 0.15) is 4.21 Å². The highest BCUT2D eigenvalue weighted by Gasteiger charge is 2.33. The van der Waals surface area contributed by atoms with Crippen LogP contribution in [0.5, 0.6) is 0 Å². The number of rotatable bonds is 5. The molecule has 0 bridgehead atoms. The second-order valence-corrected chi connectivity index (χ2v) is 11.0. The van der Waals surface area contributed by atoms with Crippen LogP contribution >= 0.6 is 11.3 Å². The molecular formula is C19H27N3O4S2. The van der Waals surface area contributed by atoms with Gasteiger partial charge in [0.25, 0.3) is 10.0 Å². The minimum absolute atomic E-state index is 0.0483. The number of nitrogens with zero attached hydrogens (tertiary/aromatic N) is 3. The van der Waals surface area contributed by atoms with Crippen LogP contribution < -0.4 is 0 Å². The maximum Gasteiger partial charge on any atom is 0.358 e. The molecule has 0 N–H and O–H groups in total. The third-order valence-electron chi connectivity index (χ3n) is 4.85. The summed E-state index contributed by atoms with van der Waals surface area (Å²) in [6, 6.07) is 5.24. The summed E-state index contributed by atoms with van der Waals surface area (Å²) in [6.45, 7) is 9.16. The largest absolute Gasteiger partial charge is 0.461 e. The Morgan fingerprint density at radius 1 is 1.32 bits per heavy atom. The van der Waals surface area contributed by atoms with Gasteiger partial charge in [-0.25, -0.2) is 13.2 Å². The molecule has 0 amide bonds. The van der Waals surface area contributed by atoms with Crippen molar-refractivity contribution in [3.8, 4) is 0 Å². The summed E-state index contributed by atoms with van der Waals surface area (Å²) in [5.41, 5.74) is 1.06. The Bertz CT molecular complexity index is 919. The van der Waals surface area contributed by atoms with Crippen LogP contribution in [-0.2, 0) is 20.2 Å². The van der Waals surface area contributed by atoms with E-state index in [0.717, 1.165) is 5.69 Å². The van der Waals surface area contributed by atoms with Crippen LogP contribution in [0.1, 0.15) is 62.8 Å². The van der Waals surface area contributed by atoms with Crippen LogP contribution in [-0.4, -0.2) is 48.2 Å². The Morgan fingerprint density at radius 3 is 2.54 bits per heavy atom. The Morgan fingerprint density at radius 2 is 2.00 bits per heavy atom. The average molecular weight is 426 g/mol. The number of esters is 1. The highest BCUT2D eigenvalue weighted by Crippen LogP contribution is 2.32. The zero-order valence-electron chi connectivity index (χ0n) is 16.7. The Kier molecular flexibility index (Phi) is 5.97. The van der Waals surface area contributed by atoms with Crippen LogP contribution in [0.15, 0.2) is 27.8 Å². The van der Waals surface area contributed by atoms with E-state index >= 15 is 0 Å². The van der Waals surface area contributed by atoms with Crippen molar-refractivity contribution in [1.82, 2.24) is 14.1 Å². The number of piperidine rings is 1. The van der Waals surface area contributed by atoms with Crippen LogP contribution in [0, 0.1) is 0 Å². The molecule has 7 nitrogen and oxygen atoms in total. The number of carbonyl (C=O) groups is 1. The molecule has 3 rings (SSSR count). The van der Waals surface area contributed by atoms with E-state index in [-0.39, 0.29) is 11.5 Å². The fourth-order valence-corrected chi connectivity index (χ4v) is 6.02. The first-order chi connectivity index (χ1) is 13.1. The lowest BCUT2D eigenvalue weighted by Gasteiger charge is -2.33. The molecule has 2 aromatic rings. The van der Waals surface area contributed by atoms with Crippen molar-refractivity contribution in [1.29, 1.82) is 0 Å². The van der Waals surface area contributed by atoms with Gasteiger partial charge in [-0.05, 0) is 37.3 Å². The van der Waals surface area contributed by atoms with E-state index in [9.17, 15) is 13.2 Å². The van der Waals surface area contributed by atoms with Gasteiger partial charge in [-0.1, -0.05) is 26.8 Å². The fraction of sp³-hybridized carbons (Fsp3) is 0.579. The molecule has 0 spiro atoms. The molecule has 0 unspecified atom stereocenters. The van der Waals surface area contributed by atoms with Crippen LogP contribution in [0.25, 0.3) is 0 Å². The van der Waals surface area contributed by atoms with E-state index in [1.165, 1.54) is 11.3 Å². The highest BCUT2D eigenvalue weighted by atomic mass is 32.2. The summed E-state index contributed by atoms with van der Waals surface area (Å²) >= 11 is 1.24. The van der Waals surface area contributed by atoms with Crippen LogP contribution in [0.3, 0.4) is 0 Å². The van der Waals surface area contributed by atoms with Gasteiger partial charge in [0.05, 0.1) is 12.6 Å². The Hall–Kier alpha value is -1.71. The number of thiophene rings is 1. The lowest BCUT2D eigenvalue weighted by Crippen LogP contribution is -2.39. The summed E-state index contributed by atoms with van der Waals surface area (Å²) in [7, 11) is -3.43. The second kappa shape index (κ2) is 7.96. The predicted molar refractivity (Wildman–Crippen MR) is 108 cm³/mol. The highest BCUT2D eigenvalue weighted by molar-refractivity contribution is 7.91. The van der Waals surface area contributed by atoms with Crippen molar-refractivity contribution in [2.45, 2.75) is 56.2 Å². The molecular weight excluding hydrogens is 398 g/mol. The number of hydrogen-bond donors (Lipinski definition) is 0. The molecule has 0 radical (unpaired) electrons. The van der Waals surface area contributed by atoms with Crippen LogP contribution in [0.4, 0.5) is 0 Å². The first-order valence-corrected chi connectivity index (χ1v) is 11.8. The number of sulfonamides is 1. The first kappa shape index (κ1) is 21.0. The molecule has 154 valence electrons. The number of aromatic nitrogens is 2. The molecule has 1 fully saturated rings. The normalized spacial score (nSPS) is 17.0. The van der Waals surface area contributed by atoms with Gasteiger partial charge in [0.2, 0.25) is 0 Å². The summed E-state index contributed by atoms with van der Waals surface area (Å²) in [5, 5.41) is 6.31. The van der Waals surface area contributed by atoms with Gasteiger partial charge in [0.15, 0.2) is 5.69 Å². The zero-order chi connectivity index (χ0) is 20.5. The summed E-state index contributed by atoms with van der Waals surface area (Å²) in [4.78, 5) is 12.2. The number of hydrogen-bond acceptors (Lipinski definition) is 6. The summed E-state index contributed by atoms with van der Waals surface area (Å²) in [5.74, 6) is -0.426. The topological polar surface area (TPSA) is 81.5 Å². The molecule has 1 aliphatic heterocycles. The van der Waals surface area contributed by atoms with Crippen molar-refractivity contribution in [2.24, 2.45) is 0 Å². The molecule has 2 aromatic heterocycles. The van der Waals surface area contributed by atoms with Gasteiger partial charge in [-0.15, -0.1) is 11.3 Å². The molecule has 28 heavy (non-hydrogen) atoms. The summed E-state index contributed by atoms with van der Waals surface area (Å²) < 4.78 is 34.4. The van der Waals surface area contributed by atoms with Crippen molar-refractivity contribution < 1.29 is 17.9 Å². The zero-order valence-corrected chi connectivity index (χ0v) is 18.3. The third-order valence-corrected chi connectivity index (χ3v) is 8.12. The van der Waals surface area contributed by atoms with Crippen LogP contribution in [0.2, 0.25) is 0 Å². The SMILES string of the molecule is CCOC(=O)c1cc(C(C)(C)C)n(C2CCN(S(=O)(=O)c3cccs3)CC2)n1. The molecule has 9 heteroatoms. The van der Waals surface area contributed by atoms with E-state index < -0.39 is 16.0 Å². The first-order valence-electron chi connectivity index (χ1n) is 9.45. The second-order valence-electron chi connectivity index (χ2n) is 7.90. The number of carbonyl (C=O) groups excluding carboxylic acids is 1. The third kappa shape index (κ3) is 4.16. The lowest BCUT2D eigenvalue weighted by atomic mass is 9.91. The fourth-order valence-electron chi connectivity index (χ4n) is 3.40. The van der Waals surface area contributed by atoms with E-state index in [0.29, 0.717) is 42.4 Å². The van der Waals surface area contributed by atoms with E-state index in [4.69, 9.17) is 4.74 Å². The lowest BCUT2D eigenvalue weighted by molar-refractivity contribution is 0.0517. The molecule has 1 aliphatic rings. The molecule has 0 saturated carbocycles. The van der Waals surface area contributed by atoms with Gasteiger partial charge in [-0.2, -0.15) is 9.40 Å². The van der Waals surface area contributed by atoms with Crippen molar-refractivity contribution in [3.05, 3.63) is 35.0 Å². The van der Waals surface area contributed by atoms with Crippen molar-refractivity contribution >= 4 is 27.3 Å². The maximum atomic E-state index is 12.7. The minimum atomic E-state index is -3.43. The van der Waals surface area contributed by atoms with E-state index in [1.807, 2.05) is 4.68 Å². The Balaban J connectivity index is 1.81. The smallest absolute Gasteiger partial charge is 0.358 e. The monoisotopic (exact) mass is 425 g/mol. The predicted octanol–water partition coefficient (Wildman–Crippen LogP) is 3.44. The van der Waals surface area contributed by atoms with Gasteiger partial charge in [0, 0.05) is 24.2 Å². The molecule has 3 heterocycles. The molecule has 0 atom stereocenters. The molecule has 0 aromatic carbocycles. The van der Waals surface area contributed by atoms with Gasteiger partial charge < -0.3 is 4.74 Å². The average Bonchev–Trinajstić information content (AvgIpc) is 3.32. The van der Waals surface area contributed by atoms with Crippen molar-refractivity contribution in [3.63, 3.8) is 0 Å². The van der Waals surface area contributed by atoms with E-state index in [1.54, 1.807) is 34.8 Å². The standard InChI is InChI=1S/C19H27N3O4S2/c1-5-26-18(23)15-13-16(19(2,3)4)22(20-15)14-8-10-21(11-9-14)28(24,25)17-7-6-12-27-17/h6-7,12-14H,5,8-11H2,1-4H3. The van der Waals surface area contributed by atoms with Crippen molar-refractivity contribution in [2.75, 3.05) is 19.7 Å². The van der Waals surface area contributed by atoms with E-state index in [2.05, 4.69) is 25.9 Å². The minimum Gasteiger partial charge on any atom is -0.461 e. The van der Waals surface area contributed by atoms with Gasteiger partial charge >= 0.3 is 5.97 Å². The molecule has 0 aliphatic carbocycles. The molecule has 1 saturated heterocycles. The van der Waals surface area contributed by atoms with Gasteiger partial charge in [-0.3, -0.25) is 4.68 Å². The summed E-state index contributed by atoms with van der Waals surface area (Å²) in [6.07, 6.45) is 1.30. The Labute approximate surface area is 170 Å². The maximum absolute atomic E-state index is 12.7. The quantitative estimate of drug-likeness (QED) is 0.686. The number of ether oxygens (including phenoxy) is 1.